The lowest BCUT2D eigenvalue weighted by atomic mass is 10.1. The van der Waals surface area contributed by atoms with Gasteiger partial charge in [-0.25, -0.2) is 4.79 Å². The highest BCUT2D eigenvalue weighted by Gasteiger charge is 2.24. The fraction of sp³-hybridized carbons (Fsp3) is 0.286. The molecule has 0 aliphatic rings. The molecular weight excluding hydrogens is 392 g/mol. The lowest BCUT2D eigenvalue weighted by Gasteiger charge is -2.12. The molecule has 1 N–H and O–H groups in total. The van der Waals surface area contributed by atoms with Gasteiger partial charge in [-0.15, -0.1) is 11.3 Å². The molecule has 29 heavy (non-hydrogen) atoms. The normalized spacial score (nSPS) is 10.8. The number of para-hydroxylation sites is 1. The molecule has 1 amide bonds. The van der Waals surface area contributed by atoms with Crippen LogP contribution in [0.2, 0.25) is 0 Å². The predicted octanol–water partition coefficient (Wildman–Crippen LogP) is 3.65. The number of nitrogens with zero attached hydrogens (tertiary/aromatic N) is 1. The number of benzene rings is 1. The van der Waals surface area contributed by atoms with E-state index in [2.05, 4.69) is 5.32 Å². The Morgan fingerprint density at radius 3 is 2.62 bits per heavy atom. The summed E-state index contributed by atoms with van der Waals surface area (Å²) in [6, 6.07) is 5.11. The molecule has 0 aliphatic carbocycles. The van der Waals surface area contributed by atoms with Crippen molar-refractivity contribution in [3.63, 3.8) is 0 Å². The number of pyridine rings is 1. The van der Waals surface area contributed by atoms with Crippen LogP contribution in [0.5, 0.6) is 5.75 Å². The third-order valence-electron chi connectivity index (χ3n) is 4.72. The molecular formula is C21H22N2O5S. The van der Waals surface area contributed by atoms with Crippen molar-refractivity contribution in [2.24, 2.45) is 7.05 Å². The van der Waals surface area contributed by atoms with E-state index in [0.717, 1.165) is 10.4 Å². The molecule has 0 aliphatic heterocycles. The molecule has 0 unspecified atom stereocenters. The highest BCUT2D eigenvalue weighted by atomic mass is 32.1. The first kappa shape index (κ1) is 20.6. The van der Waals surface area contributed by atoms with Crippen molar-refractivity contribution in [2.75, 3.05) is 19.0 Å². The second kappa shape index (κ2) is 8.08. The number of aryl methyl sites for hydroxylation is 2. The molecule has 0 spiro atoms. The SMILES string of the molecule is CCOC(=O)c1c(NC(=O)c2cn(C)c3c(OC)cccc3c2=O)sc(C)c1C. The van der Waals surface area contributed by atoms with Crippen molar-refractivity contribution in [3.05, 3.63) is 56.2 Å². The maximum atomic E-state index is 13.0. The summed E-state index contributed by atoms with van der Waals surface area (Å²) in [5.41, 5.74) is 1.25. The number of amides is 1. The first-order chi connectivity index (χ1) is 13.8. The number of fused-ring (bicyclic) bond motifs is 1. The zero-order valence-electron chi connectivity index (χ0n) is 16.9. The lowest BCUT2D eigenvalue weighted by Crippen LogP contribution is -2.24. The predicted molar refractivity (Wildman–Crippen MR) is 113 cm³/mol. The van der Waals surface area contributed by atoms with Gasteiger partial charge in [0, 0.05) is 18.1 Å². The van der Waals surface area contributed by atoms with Gasteiger partial charge in [0.15, 0.2) is 0 Å². The second-order valence-electron chi connectivity index (χ2n) is 6.50. The zero-order chi connectivity index (χ0) is 21.3. The van der Waals surface area contributed by atoms with E-state index in [1.165, 1.54) is 24.6 Å². The molecule has 7 nitrogen and oxygen atoms in total. The molecule has 0 atom stereocenters. The molecule has 0 saturated carbocycles. The van der Waals surface area contributed by atoms with Crippen LogP contribution in [0, 0.1) is 13.8 Å². The molecule has 8 heteroatoms. The summed E-state index contributed by atoms with van der Waals surface area (Å²) in [5, 5.41) is 3.47. The monoisotopic (exact) mass is 414 g/mol. The van der Waals surface area contributed by atoms with Crippen molar-refractivity contribution in [3.8, 4) is 5.75 Å². The first-order valence-electron chi connectivity index (χ1n) is 9.04. The molecule has 3 rings (SSSR count). The summed E-state index contributed by atoms with van der Waals surface area (Å²) >= 11 is 1.28. The Labute approximate surface area is 171 Å². The van der Waals surface area contributed by atoms with E-state index in [1.807, 2.05) is 6.92 Å². The number of carbonyl (C=O) groups excluding carboxylic acids is 2. The number of hydrogen-bond donors (Lipinski definition) is 1. The topological polar surface area (TPSA) is 86.6 Å². The Bertz CT molecular complexity index is 1180. The Morgan fingerprint density at radius 2 is 1.97 bits per heavy atom. The van der Waals surface area contributed by atoms with Gasteiger partial charge < -0.3 is 19.4 Å². The van der Waals surface area contributed by atoms with Gasteiger partial charge >= 0.3 is 5.97 Å². The van der Waals surface area contributed by atoms with Gasteiger partial charge in [0.1, 0.15) is 16.3 Å². The molecule has 1 aromatic carbocycles. The van der Waals surface area contributed by atoms with Crippen molar-refractivity contribution < 1.29 is 19.1 Å². The van der Waals surface area contributed by atoms with Gasteiger partial charge in [0.05, 0.1) is 30.2 Å². The maximum Gasteiger partial charge on any atom is 0.341 e. The summed E-state index contributed by atoms with van der Waals surface area (Å²) in [6.07, 6.45) is 1.47. The summed E-state index contributed by atoms with van der Waals surface area (Å²) < 4.78 is 12.1. The fourth-order valence-corrected chi connectivity index (χ4v) is 4.24. The highest BCUT2D eigenvalue weighted by molar-refractivity contribution is 7.16. The summed E-state index contributed by atoms with van der Waals surface area (Å²) in [4.78, 5) is 39.1. The number of rotatable bonds is 5. The zero-order valence-corrected chi connectivity index (χ0v) is 17.7. The Balaban J connectivity index is 2.07. The van der Waals surface area contributed by atoms with E-state index < -0.39 is 17.3 Å². The number of esters is 1. The fourth-order valence-electron chi connectivity index (χ4n) is 3.19. The van der Waals surface area contributed by atoms with Crippen molar-refractivity contribution in [1.82, 2.24) is 4.57 Å². The summed E-state index contributed by atoms with van der Waals surface area (Å²) in [7, 11) is 3.27. The maximum absolute atomic E-state index is 13.0. The van der Waals surface area contributed by atoms with Crippen LogP contribution < -0.4 is 15.5 Å². The molecule has 2 heterocycles. The van der Waals surface area contributed by atoms with Gasteiger partial charge in [0.2, 0.25) is 5.43 Å². The van der Waals surface area contributed by atoms with Crippen LogP contribution in [0.25, 0.3) is 10.9 Å². The Kier molecular flexibility index (Phi) is 5.74. The van der Waals surface area contributed by atoms with Crippen LogP contribution >= 0.6 is 11.3 Å². The number of carbonyl (C=O) groups is 2. The van der Waals surface area contributed by atoms with E-state index in [1.54, 1.807) is 43.7 Å². The molecule has 0 saturated heterocycles. The van der Waals surface area contributed by atoms with Gasteiger partial charge in [0.25, 0.3) is 5.91 Å². The number of hydrogen-bond acceptors (Lipinski definition) is 6. The minimum absolute atomic E-state index is 0.0215. The molecule has 0 fully saturated rings. The average molecular weight is 414 g/mol. The van der Waals surface area contributed by atoms with E-state index in [4.69, 9.17) is 9.47 Å². The third kappa shape index (κ3) is 3.63. The van der Waals surface area contributed by atoms with Crippen LogP contribution in [0.4, 0.5) is 5.00 Å². The van der Waals surface area contributed by atoms with Crippen LogP contribution in [0.1, 0.15) is 38.1 Å². The number of thiophene rings is 1. The van der Waals surface area contributed by atoms with E-state index in [9.17, 15) is 14.4 Å². The summed E-state index contributed by atoms with van der Waals surface area (Å²) in [5.74, 6) is -0.536. The van der Waals surface area contributed by atoms with Crippen LogP contribution in [0.15, 0.2) is 29.2 Å². The van der Waals surface area contributed by atoms with Crippen LogP contribution in [0.3, 0.4) is 0 Å². The third-order valence-corrected chi connectivity index (χ3v) is 5.84. The van der Waals surface area contributed by atoms with Gasteiger partial charge in [-0.2, -0.15) is 0 Å². The first-order valence-corrected chi connectivity index (χ1v) is 9.86. The molecule has 0 radical (unpaired) electrons. The standard InChI is InChI=1S/C21H22N2O5S/c1-6-28-21(26)16-11(2)12(3)29-20(16)22-19(25)14-10-23(4)17-13(18(14)24)8-7-9-15(17)27-5/h7-10H,6H2,1-5H3,(H,22,25). The number of aromatic nitrogens is 1. The number of anilines is 1. The van der Waals surface area contributed by atoms with E-state index >= 15 is 0 Å². The van der Waals surface area contributed by atoms with Crippen LogP contribution in [-0.2, 0) is 11.8 Å². The van der Waals surface area contributed by atoms with Crippen molar-refractivity contribution >= 4 is 39.1 Å². The Morgan fingerprint density at radius 1 is 1.24 bits per heavy atom. The minimum Gasteiger partial charge on any atom is -0.495 e. The van der Waals surface area contributed by atoms with Gasteiger partial charge in [-0.1, -0.05) is 6.07 Å². The number of methoxy groups -OCH3 is 1. The largest absolute Gasteiger partial charge is 0.495 e. The van der Waals surface area contributed by atoms with Gasteiger partial charge in [-0.3, -0.25) is 9.59 Å². The van der Waals surface area contributed by atoms with E-state index in [0.29, 0.717) is 27.2 Å². The van der Waals surface area contributed by atoms with Crippen molar-refractivity contribution in [1.29, 1.82) is 0 Å². The molecule has 152 valence electrons. The van der Waals surface area contributed by atoms with Crippen LogP contribution in [-0.4, -0.2) is 30.2 Å². The highest BCUT2D eigenvalue weighted by Crippen LogP contribution is 2.33. The minimum atomic E-state index is -0.581. The number of nitrogens with one attached hydrogen (secondary N) is 1. The quantitative estimate of drug-likeness (QED) is 0.644. The Hall–Kier alpha value is -3.13. The smallest absolute Gasteiger partial charge is 0.341 e. The molecule has 2 aromatic heterocycles. The second-order valence-corrected chi connectivity index (χ2v) is 7.73. The average Bonchev–Trinajstić information content (AvgIpc) is 2.97. The van der Waals surface area contributed by atoms with E-state index in [-0.39, 0.29) is 12.2 Å². The van der Waals surface area contributed by atoms with Crippen molar-refractivity contribution in [2.45, 2.75) is 20.8 Å². The molecule has 0 bridgehead atoms. The summed E-state index contributed by atoms with van der Waals surface area (Å²) in [6.45, 7) is 5.61. The lowest BCUT2D eigenvalue weighted by molar-refractivity contribution is 0.0527. The molecule has 3 aromatic rings. The van der Waals surface area contributed by atoms with Gasteiger partial charge in [-0.05, 0) is 38.5 Å². The number of ether oxygens (including phenoxy) is 2.